The van der Waals surface area contributed by atoms with Crippen LogP contribution in [0.5, 0.6) is 0 Å². The lowest BCUT2D eigenvalue weighted by atomic mass is 9.88. The van der Waals surface area contributed by atoms with Gasteiger partial charge in [-0.3, -0.25) is 4.79 Å². The van der Waals surface area contributed by atoms with E-state index < -0.39 is 0 Å². The summed E-state index contributed by atoms with van der Waals surface area (Å²) in [5.74, 6) is 0.192. The van der Waals surface area contributed by atoms with E-state index in [-0.39, 0.29) is 11.9 Å². The molecule has 3 atom stereocenters. The zero-order valence-corrected chi connectivity index (χ0v) is 15.0. The summed E-state index contributed by atoms with van der Waals surface area (Å²) in [6.45, 7) is 1.67. The van der Waals surface area contributed by atoms with Crippen LogP contribution in [0.15, 0.2) is 42.6 Å². The Morgan fingerprint density at radius 3 is 2.92 bits per heavy atom. The summed E-state index contributed by atoms with van der Waals surface area (Å²) in [5, 5.41) is 3.32. The highest BCUT2D eigenvalue weighted by atomic mass is 16.2. The van der Waals surface area contributed by atoms with Crippen LogP contribution in [0.3, 0.4) is 0 Å². The number of hydrogen-bond acceptors (Lipinski definition) is 1. The molecule has 0 bridgehead atoms. The normalized spacial score (nSPS) is 25.6. The van der Waals surface area contributed by atoms with Gasteiger partial charge in [0.15, 0.2) is 6.54 Å². The summed E-state index contributed by atoms with van der Waals surface area (Å²) in [7, 11) is 2.10. The number of nitrogens with zero attached hydrogens (tertiary/aromatic N) is 1. The van der Waals surface area contributed by atoms with Crippen LogP contribution in [-0.4, -0.2) is 23.6 Å². The van der Waals surface area contributed by atoms with Crippen molar-refractivity contribution in [3.05, 3.63) is 59.4 Å². The minimum absolute atomic E-state index is 0.188. The van der Waals surface area contributed by atoms with Gasteiger partial charge in [-0.25, -0.2) is 0 Å². The minimum Gasteiger partial charge on any atom is -0.350 e. The number of rotatable bonds is 4. The number of aryl methyl sites for hydroxylation is 2. The van der Waals surface area contributed by atoms with Crippen molar-refractivity contribution >= 4 is 5.91 Å². The molecular formula is C21H28N3O+. The third-order valence-corrected chi connectivity index (χ3v) is 5.92. The molecule has 4 rings (SSSR count). The van der Waals surface area contributed by atoms with Crippen LogP contribution in [0.4, 0.5) is 0 Å². The van der Waals surface area contributed by atoms with Crippen molar-refractivity contribution in [3.63, 3.8) is 0 Å². The van der Waals surface area contributed by atoms with Crippen molar-refractivity contribution in [3.8, 4) is 0 Å². The lowest BCUT2D eigenvalue weighted by molar-refractivity contribution is -0.911. The maximum atomic E-state index is 12.7. The first-order valence-corrected chi connectivity index (χ1v) is 9.55. The fraction of sp³-hybridized carbons (Fsp3) is 0.476. The standard InChI is InChI=1S/C21H27N3O/c1-23-13-5-11-19(23)20-12-6-14-24(20)15-21(25)22-18-10-4-8-16-7-2-3-9-17(16)18/h2-3,5,7,9,11,13,18,20H,4,6,8,10,12,14-15H2,1H3,(H,22,25)/p+1/t18-,20+/m1/s1. The Labute approximate surface area is 149 Å². The number of likely N-dealkylation sites (tertiary alicyclic amines) is 1. The Morgan fingerprint density at radius 1 is 1.20 bits per heavy atom. The SMILES string of the molecule is Cn1cccc1[C@@H]1CCC[NH+]1CC(=O)N[C@@H]1CCCc2ccccc21. The fourth-order valence-electron chi connectivity index (χ4n) is 4.67. The molecule has 1 aliphatic heterocycles. The number of amides is 1. The Kier molecular flexibility index (Phi) is 4.62. The molecule has 1 aromatic carbocycles. The van der Waals surface area contributed by atoms with Crippen LogP contribution in [-0.2, 0) is 18.3 Å². The molecule has 2 N–H and O–H groups in total. The molecule has 1 saturated heterocycles. The summed E-state index contributed by atoms with van der Waals surface area (Å²) in [6, 6.07) is 13.5. The van der Waals surface area contributed by atoms with Crippen LogP contribution in [0, 0.1) is 0 Å². The molecule has 2 aliphatic rings. The second kappa shape index (κ2) is 7.04. The number of quaternary nitrogens is 1. The molecule has 25 heavy (non-hydrogen) atoms. The Hall–Kier alpha value is -2.07. The molecule has 1 fully saturated rings. The van der Waals surface area contributed by atoms with Gasteiger partial charge in [-0.2, -0.15) is 0 Å². The van der Waals surface area contributed by atoms with Crippen molar-refractivity contribution in [1.29, 1.82) is 0 Å². The van der Waals surface area contributed by atoms with Crippen molar-refractivity contribution in [2.75, 3.05) is 13.1 Å². The summed E-state index contributed by atoms with van der Waals surface area (Å²) in [6.07, 6.45) is 7.82. The van der Waals surface area contributed by atoms with Gasteiger partial charge < -0.3 is 14.8 Å². The molecule has 4 heteroatoms. The first-order valence-electron chi connectivity index (χ1n) is 9.55. The smallest absolute Gasteiger partial charge is 0.275 e. The molecule has 2 aromatic rings. The van der Waals surface area contributed by atoms with Gasteiger partial charge in [0, 0.05) is 26.1 Å². The first kappa shape index (κ1) is 16.4. The predicted molar refractivity (Wildman–Crippen MR) is 98.3 cm³/mol. The number of hydrogen-bond donors (Lipinski definition) is 2. The van der Waals surface area contributed by atoms with Gasteiger partial charge in [-0.1, -0.05) is 24.3 Å². The monoisotopic (exact) mass is 338 g/mol. The molecular weight excluding hydrogens is 310 g/mol. The number of aromatic nitrogens is 1. The molecule has 0 spiro atoms. The van der Waals surface area contributed by atoms with Crippen LogP contribution in [0.1, 0.15) is 54.6 Å². The van der Waals surface area contributed by atoms with Crippen molar-refractivity contribution in [2.24, 2.45) is 7.05 Å². The predicted octanol–water partition coefficient (Wildman–Crippen LogP) is 1.94. The topological polar surface area (TPSA) is 38.5 Å². The van der Waals surface area contributed by atoms with E-state index in [1.54, 1.807) is 0 Å². The van der Waals surface area contributed by atoms with E-state index in [0.717, 1.165) is 25.8 Å². The maximum absolute atomic E-state index is 12.7. The highest BCUT2D eigenvalue weighted by molar-refractivity contribution is 5.77. The maximum Gasteiger partial charge on any atom is 0.275 e. The van der Waals surface area contributed by atoms with Crippen LogP contribution in [0.2, 0.25) is 0 Å². The molecule has 132 valence electrons. The summed E-state index contributed by atoms with van der Waals surface area (Å²) in [5.41, 5.74) is 4.06. The van der Waals surface area contributed by atoms with Gasteiger partial charge in [-0.05, 0) is 42.5 Å². The lowest BCUT2D eigenvalue weighted by Gasteiger charge is -2.27. The van der Waals surface area contributed by atoms with Gasteiger partial charge in [0.2, 0.25) is 0 Å². The minimum atomic E-state index is 0.188. The molecule has 1 unspecified atom stereocenters. The quantitative estimate of drug-likeness (QED) is 0.879. The zero-order valence-electron chi connectivity index (χ0n) is 15.0. The number of fused-ring (bicyclic) bond motifs is 1. The number of carbonyl (C=O) groups excluding carboxylic acids is 1. The van der Waals surface area contributed by atoms with Gasteiger partial charge in [0.05, 0.1) is 18.3 Å². The Bertz CT molecular complexity index is 751. The molecule has 4 nitrogen and oxygen atoms in total. The van der Waals surface area contributed by atoms with Crippen molar-refractivity contribution in [2.45, 2.75) is 44.2 Å². The number of nitrogens with one attached hydrogen (secondary N) is 2. The molecule has 1 amide bonds. The summed E-state index contributed by atoms with van der Waals surface area (Å²) in [4.78, 5) is 14.1. The second-order valence-corrected chi connectivity index (χ2v) is 7.53. The third-order valence-electron chi connectivity index (χ3n) is 5.92. The molecule has 0 saturated carbocycles. The number of benzene rings is 1. The van der Waals surface area contributed by atoms with Gasteiger partial charge in [0.25, 0.3) is 5.91 Å². The average Bonchev–Trinajstić information content (AvgIpc) is 3.23. The van der Waals surface area contributed by atoms with Crippen LogP contribution >= 0.6 is 0 Å². The molecule has 2 heterocycles. The van der Waals surface area contributed by atoms with Gasteiger partial charge >= 0.3 is 0 Å². The first-order chi connectivity index (χ1) is 12.2. The number of carbonyl (C=O) groups is 1. The Balaban J connectivity index is 1.42. The summed E-state index contributed by atoms with van der Waals surface area (Å²) < 4.78 is 2.20. The van der Waals surface area contributed by atoms with E-state index in [4.69, 9.17) is 0 Å². The second-order valence-electron chi connectivity index (χ2n) is 7.53. The van der Waals surface area contributed by atoms with Crippen LogP contribution in [0.25, 0.3) is 0 Å². The van der Waals surface area contributed by atoms with Crippen molar-refractivity contribution in [1.82, 2.24) is 9.88 Å². The van der Waals surface area contributed by atoms with Crippen molar-refractivity contribution < 1.29 is 9.69 Å². The van der Waals surface area contributed by atoms with E-state index >= 15 is 0 Å². The van der Waals surface area contributed by atoms with E-state index in [1.165, 1.54) is 34.6 Å². The highest BCUT2D eigenvalue weighted by Gasteiger charge is 2.33. The third kappa shape index (κ3) is 3.36. The average molecular weight is 338 g/mol. The largest absolute Gasteiger partial charge is 0.350 e. The molecule has 1 aromatic heterocycles. The van der Waals surface area contributed by atoms with E-state index in [9.17, 15) is 4.79 Å². The highest BCUT2D eigenvalue weighted by Crippen LogP contribution is 2.29. The van der Waals surface area contributed by atoms with E-state index in [1.807, 2.05) is 0 Å². The van der Waals surface area contributed by atoms with E-state index in [0.29, 0.717) is 12.6 Å². The molecule has 0 radical (unpaired) electrons. The van der Waals surface area contributed by atoms with E-state index in [2.05, 4.69) is 59.5 Å². The van der Waals surface area contributed by atoms with Crippen LogP contribution < -0.4 is 10.2 Å². The van der Waals surface area contributed by atoms with Gasteiger partial charge in [-0.15, -0.1) is 0 Å². The molecule has 1 aliphatic carbocycles. The van der Waals surface area contributed by atoms with Gasteiger partial charge in [0.1, 0.15) is 6.04 Å². The lowest BCUT2D eigenvalue weighted by Crippen LogP contribution is -3.11. The zero-order chi connectivity index (χ0) is 17.2. The summed E-state index contributed by atoms with van der Waals surface area (Å²) >= 11 is 0. The fourth-order valence-corrected chi connectivity index (χ4v) is 4.67. The Morgan fingerprint density at radius 2 is 2.08 bits per heavy atom.